The lowest BCUT2D eigenvalue weighted by Gasteiger charge is -2.05. The van der Waals surface area contributed by atoms with Crippen molar-refractivity contribution in [3.8, 4) is 5.75 Å². The molecular weight excluding hydrogens is 256 g/mol. The number of ether oxygens (including phenoxy) is 1. The Balaban J connectivity index is 2.28. The molecule has 0 spiro atoms. The normalized spacial score (nSPS) is 16.9. The molecule has 94 valence electrons. The second-order valence-corrected chi connectivity index (χ2v) is 5.27. The Morgan fingerprint density at radius 3 is 2.67 bits per heavy atom. The van der Waals surface area contributed by atoms with Crippen LogP contribution >= 0.6 is 0 Å². The number of rotatable bonds is 2. The molecule has 1 aromatic carbocycles. The highest BCUT2D eigenvalue weighted by Crippen LogP contribution is 2.21. The zero-order valence-corrected chi connectivity index (χ0v) is 10.3. The van der Waals surface area contributed by atoms with Crippen molar-refractivity contribution in [2.75, 3.05) is 0 Å². The van der Waals surface area contributed by atoms with Gasteiger partial charge in [0, 0.05) is 0 Å². The molecule has 0 fully saturated rings. The Bertz CT molecular complexity index is 674. The van der Waals surface area contributed by atoms with Crippen LogP contribution in [0.4, 0.5) is 0 Å². The molecule has 1 aliphatic heterocycles. The van der Waals surface area contributed by atoms with Crippen LogP contribution in [0.2, 0.25) is 0 Å². The maximum Gasteiger partial charge on any atom is 0.359 e. The first kappa shape index (κ1) is 12.3. The Kier molecular flexibility index (Phi) is 2.92. The summed E-state index contributed by atoms with van der Waals surface area (Å²) in [5.74, 6) is -0.780. The van der Waals surface area contributed by atoms with Gasteiger partial charge in [0.25, 0.3) is 10.0 Å². The predicted octanol–water partition coefficient (Wildman–Crippen LogP) is 0.485. The van der Waals surface area contributed by atoms with E-state index < -0.39 is 20.9 Å². The summed E-state index contributed by atoms with van der Waals surface area (Å²) in [6.07, 6.45) is 0.919. The van der Waals surface area contributed by atoms with Crippen molar-refractivity contribution >= 4 is 22.2 Å². The van der Waals surface area contributed by atoms with Gasteiger partial charge in [0.05, 0.1) is 11.9 Å². The van der Waals surface area contributed by atoms with Crippen LogP contribution in [-0.2, 0) is 14.8 Å². The number of allylic oxidation sites excluding steroid dienone is 1. The highest BCUT2D eigenvalue weighted by Gasteiger charge is 2.33. The monoisotopic (exact) mass is 266 g/mol. The molecule has 0 amide bonds. The topological polar surface area (TPSA) is 98.8 Å². The number of aryl methyl sites for hydroxylation is 1. The minimum Gasteiger partial charge on any atom is -0.422 e. The molecule has 18 heavy (non-hydrogen) atoms. The third-order valence-corrected chi connectivity index (χ3v) is 3.54. The van der Waals surface area contributed by atoms with E-state index in [1.54, 1.807) is 18.2 Å². The summed E-state index contributed by atoms with van der Waals surface area (Å²) in [6, 6.07) is 6.66. The third-order valence-electron chi connectivity index (χ3n) is 2.24. The summed E-state index contributed by atoms with van der Waals surface area (Å²) in [4.78, 5) is 11.1. The number of nitrogens with zero attached hydrogens (tertiary/aromatic N) is 1. The summed E-state index contributed by atoms with van der Waals surface area (Å²) in [6.45, 7) is 1.82. The van der Waals surface area contributed by atoms with Gasteiger partial charge in [-0.05, 0) is 24.6 Å². The first-order chi connectivity index (χ1) is 8.40. The van der Waals surface area contributed by atoms with E-state index in [-0.39, 0.29) is 11.4 Å². The minimum atomic E-state index is -4.02. The van der Waals surface area contributed by atoms with Gasteiger partial charge in [0.2, 0.25) is 0 Å². The van der Waals surface area contributed by atoms with Crippen molar-refractivity contribution in [1.82, 2.24) is 0 Å². The molecule has 0 unspecified atom stereocenters. The Morgan fingerprint density at radius 1 is 1.39 bits per heavy atom. The van der Waals surface area contributed by atoms with Crippen LogP contribution in [0.25, 0.3) is 0 Å². The average molecular weight is 266 g/mol. The summed E-state index contributed by atoms with van der Waals surface area (Å²) in [5, 5.41) is 0. The van der Waals surface area contributed by atoms with E-state index in [9.17, 15) is 13.2 Å². The van der Waals surface area contributed by atoms with Gasteiger partial charge in [-0.15, -0.1) is 0 Å². The van der Waals surface area contributed by atoms with E-state index in [4.69, 9.17) is 10.5 Å². The van der Waals surface area contributed by atoms with Gasteiger partial charge in [-0.2, -0.15) is 12.8 Å². The van der Waals surface area contributed by atoms with Crippen molar-refractivity contribution in [2.45, 2.75) is 6.92 Å². The molecule has 1 aromatic rings. The lowest BCUT2D eigenvalue weighted by atomic mass is 10.2. The molecule has 0 bridgehead atoms. The number of sulfonamides is 1. The predicted molar refractivity (Wildman–Crippen MR) is 65.4 cm³/mol. The molecule has 2 rings (SSSR count). The average Bonchev–Trinajstić information content (AvgIpc) is 2.52. The Hall–Kier alpha value is -2.15. The largest absolute Gasteiger partial charge is 0.422 e. The molecule has 0 saturated heterocycles. The highest BCUT2D eigenvalue weighted by molar-refractivity contribution is 7.95. The number of hydrogen-bond donors (Lipinski definition) is 1. The molecule has 0 aliphatic carbocycles. The number of carbonyl (C=O) groups is 1. The van der Waals surface area contributed by atoms with Crippen molar-refractivity contribution < 1.29 is 17.9 Å². The number of nitrogens with two attached hydrogens (primary N) is 1. The number of benzene rings is 1. The van der Waals surface area contributed by atoms with E-state index in [0.29, 0.717) is 0 Å². The van der Waals surface area contributed by atoms with E-state index >= 15 is 0 Å². The van der Waals surface area contributed by atoms with E-state index in [0.717, 1.165) is 11.8 Å². The minimum absolute atomic E-state index is 0.215. The number of hydrogen-bond acceptors (Lipinski definition) is 5. The van der Waals surface area contributed by atoms with Crippen LogP contribution in [0, 0.1) is 6.92 Å². The number of carbonyl (C=O) groups excluding carboxylic acids is 1. The Morgan fingerprint density at radius 2 is 2.11 bits per heavy atom. The fraction of sp³-hybridized carbons (Fsp3) is 0.0909. The van der Waals surface area contributed by atoms with Crippen LogP contribution < -0.4 is 10.5 Å². The quantitative estimate of drug-likeness (QED) is 0.620. The van der Waals surface area contributed by atoms with Crippen molar-refractivity contribution in [3.63, 3.8) is 0 Å². The zero-order chi connectivity index (χ0) is 13.3. The zero-order valence-electron chi connectivity index (χ0n) is 9.45. The van der Waals surface area contributed by atoms with Crippen LogP contribution in [0.3, 0.4) is 0 Å². The van der Waals surface area contributed by atoms with Crippen molar-refractivity contribution in [3.05, 3.63) is 40.4 Å². The molecule has 1 aliphatic rings. The van der Waals surface area contributed by atoms with Gasteiger partial charge in [-0.3, -0.25) is 0 Å². The van der Waals surface area contributed by atoms with Gasteiger partial charge in [-0.25, -0.2) is 4.79 Å². The van der Waals surface area contributed by atoms with Gasteiger partial charge in [-0.1, -0.05) is 12.1 Å². The maximum absolute atomic E-state index is 11.7. The van der Waals surface area contributed by atoms with E-state index in [1.807, 2.05) is 13.0 Å². The molecule has 6 nitrogen and oxygen atoms in total. The summed E-state index contributed by atoms with van der Waals surface area (Å²) < 4.78 is 31.0. The summed E-state index contributed by atoms with van der Waals surface area (Å²) in [5.41, 5.74) is 6.06. The fourth-order valence-corrected chi connectivity index (χ4v) is 2.40. The second-order valence-electron chi connectivity index (χ2n) is 3.70. The molecule has 0 aromatic heterocycles. The second kappa shape index (κ2) is 4.26. The molecule has 0 atom stereocenters. The molecule has 0 saturated carbocycles. The lowest BCUT2D eigenvalue weighted by Crippen LogP contribution is -2.19. The van der Waals surface area contributed by atoms with Crippen LogP contribution in [0.15, 0.2) is 39.3 Å². The van der Waals surface area contributed by atoms with Crippen LogP contribution in [-0.4, -0.2) is 20.6 Å². The van der Waals surface area contributed by atoms with Crippen LogP contribution in [0.1, 0.15) is 5.56 Å². The molecule has 0 radical (unpaired) electrons. The smallest absolute Gasteiger partial charge is 0.359 e. The maximum atomic E-state index is 11.7. The summed E-state index contributed by atoms with van der Waals surface area (Å²) in [7, 11) is -4.02. The molecule has 1 heterocycles. The van der Waals surface area contributed by atoms with Gasteiger partial charge in [0.1, 0.15) is 5.75 Å². The highest BCUT2D eigenvalue weighted by atomic mass is 32.2. The van der Waals surface area contributed by atoms with Crippen molar-refractivity contribution in [1.29, 1.82) is 0 Å². The molecule has 2 N–H and O–H groups in total. The van der Waals surface area contributed by atoms with Gasteiger partial charge >= 0.3 is 5.97 Å². The van der Waals surface area contributed by atoms with Crippen LogP contribution in [0.5, 0.6) is 5.75 Å². The first-order valence-electron chi connectivity index (χ1n) is 4.99. The third kappa shape index (κ3) is 2.25. The van der Waals surface area contributed by atoms with Gasteiger partial charge in [0.15, 0.2) is 4.91 Å². The first-order valence-corrected chi connectivity index (χ1v) is 6.43. The van der Waals surface area contributed by atoms with E-state index in [2.05, 4.69) is 4.40 Å². The van der Waals surface area contributed by atoms with E-state index in [1.165, 1.54) is 0 Å². The molecular formula is C11H10N2O4S. The Labute approximate surface area is 104 Å². The summed E-state index contributed by atoms with van der Waals surface area (Å²) >= 11 is 0. The fourth-order valence-electron chi connectivity index (χ4n) is 1.44. The SMILES string of the molecule is Cc1cccc(OC(=O)C2=C(N)C=NS2(=O)=O)c1. The standard InChI is InChI=1S/C11H10N2O4S/c1-7-3-2-4-8(5-7)17-11(14)10-9(12)6-13-18(10,15)16/h2-6H,12H2,1H3. The van der Waals surface area contributed by atoms with Crippen molar-refractivity contribution in [2.24, 2.45) is 10.1 Å². The van der Waals surface area contributed by atoms with Gasteiger partial charge < -0.3 is 10.5 Å². The lowest BCUT2D eigenvalue weighted by molar-refractivity contribution is -0.129. The number of esters is 1. The molecule has 7 heteroatoms.